The number of nitrogens with zero attached hydrogens (tertiary/aromatic N) is 2. The van der Waals surface area contributed by atoms with Crippen LogP contribution in [0.2, 0.25) is 0 Å². The Kier molecular flexibility index (Phi) is 8.33. The minimum Gasteiger partial charge on any atom is -0.763 e. The highest BCUT2D eigenvalue weighted by molar-refractivity contribution is 7.80. The lowest BCUT2D eigenvalue weighted by Gasteiger charge is -2.30. The highest BCUT2D eigenvalue weighted by Crippen LogP contribution is 2.36. The molecule has 0 bridgehead atoms. The van der Waals surface area contributed by atoms with Gasteiger partial charge in [0.25, 0.3) is 0 Å². The summed E-state index contributed by atoms with van der Waals surface area (Å²) in [6.45, 7) is 6.50. The molecule has 0 aliphatic carbocycles. The Bertz CT molecular complexity index is 739. The maximum atomic E-state index is 12.3. The first kappa shape index (κ1) is 21.0. The van der Waals surface area contributed by atoms with Gasteiger partial charge in [-0.1, -0.05) is 18.3 Å². The molecular weight excluding hydrogens is 360 g/mol. The molecule has 6 nitrogen and oxygen atoms in total. The zero-order valence-corrected chi connectivity index (χ0v) is 16.6. The smallest absolute Gasteiger partial charge is 0.336 e. The van der Waals surface area contributed by atoms with Gasteiger partial charge in [0, 0.05) is 23.7 Å². The number of carbonyl (C=O) groups is 1. The lowest BCUT2D eigenvalue weighted by Crippen LogP contribution is -2.85. The van der Waals surface area contributed by atoms with Gasteiger partial charge in [-0.25, -0.2) is 4.79 Å². The molecule has 2 aliphatic rings. The average Bonchev–Trinajstić information content (AvgIpc) is 2.70. The number of piperidine rings is 1. The highest BCUT2D eigenvalue weighted by atomic mass is 32.1. The van der Waals surface area contributed by atoms with Crippen molar-refractivity contribution in [2.45, 2.75) is 39.0 Å². The largest absolute Gasteiger partial charge is 0.763 e. The number of nitrogens with one attached hydrogen (secondary N) is 1. The summed E-state index contributed by atoms with van der Waals surface area (Å²) in [6, 6.07) is 3.57. The first-order chi connectivity index (χ1) is 13.1. The maximum Gasteiger partial charge on any atom is 0.336 e. The van der Waals surface area contributed by atoms with E-state index in [9.17, 15) is 10.2 Å². The molecular formula is C20H26N4O2S. The SMILES string of the molecule is C1CC[NH2+]CC1.CCOC(=O)C1=C(C)NC(=S)C(=C=[N-])C1c1cccnc1. The number of allylic oxidation sites excluding steroid dienone is 1. The van der Waals surface area contributed by atoms with Crippen LogP contribution in [0.15, 0.2) is 41.4 Å². The average molecular weight is 387 g/mol. The number of thiocarbonyl (C=S) groups is 1. The number of carbonyl (C=O) groups excluding carboxylic acids is 1. The number of nitrogens with two attached hydrogens (primary N) is 1. The van der Waals surface area contributed by atoms with E-state index in [-0.39, 0.29) is 6.61 Å². The van der Waals surface area contributed by atoms with E-state index in [1.165, 1.54) is 32.4 Å². The number of hydrogen-bond donors (Lipinski definition) is 2. The van der Waals surface area contributed by atoms with E-state index in [1.54, 1.807) is 32.3 Å². The summed E-state index contributed by atoms with van der Waals surface area (Å²) >= 11 is 5.21. The molecule has 3 N–H and O–H groups in total. The van der Waals surface area contributed by atoms with Crippen molar-refractivity contribution in [1.29, 1.82) is 0 Å². The lowest BCUT2D eigenvalue weighted by molar-refractivity contribution is -0.662. The summed E-state index contributed by atoms with van der Waals surface area (Å²) in [7, 11) is 0. The minimum atomic E-state index is -0.545. The first-order valence-electron chi connectivity index (χ1n) is 9.27. The highest BCUT2D eigenvalue weighted by Gasteiger charge is 2.34. The summed E-state index contributed by atoms with van der Waals surface area (Å²) in [5, 5.41) is 14.7. The number of hydrogen-bond acceptors (Lipinski definition) is 4. The van der Waals surface area contributed by atoms with Crippen LogP contribution in [0.1, 0.15) is 44.6 Å². The Morgan fingerprint density at radius 3 is 2.67 bits per heavy atom. The Morgan fingerprint density at radius 2 is 2.19 bits per heavy atom. The Labute approximate surface area is 165 Å². The van der Waals surface area contributed by atoms with E-state index >= 15 is 0 Å². The van der Waals surface area contributed by atoms with Gasteiger partial charge in [-0.15, -0.1) is 0 Å². The van der Waals surface area contributed by atoms with Crippen LogP contribution in [0, 0.1) is 0 Å². The predicted molar refractivity (Wildman–Crippen MR) is 109 cm³/mol. The normalized spacial score (nSPS) is 19.4. The van der Waals surface area contributed by atoms with E-state index in [1.807, 2.05) is 6.07 Å². The molecule has 1 fully saturated rings. The molecule has 1 aromatic rings. The second kappa shape index (κ2) is 10.7. The van der Waals surface area contributed by atoms with Crippen molar-refractivity contribution >= 4 is 29.0 Å². The van der Waals surface area contributed by atoms with Gasteiger partial charge in [0.2, 0.25) is 0 Å². The van der Waals surface area contributed by atoms with Crippen molar-refractivity contribution in [2.24, 2.45) is 0 Å². The fourth-order valence-corrected chi connectivity index (χ4v) is 3.49. The van der Waals surface area contributed by atoms with Gasteiger partial charge >= 0.3 is 5.97 Å². The molecule has 2 aliphatic heterocycles. The second-order valence-electron chi connectivity index (χ2n) is 6.38. The van der Waals surface area contributed by atoms with E-state index in [0.717, 1.165) is 5.56 Å². The molecule has 1 saturated heterocycles. The molecule has 3 rings (SSSR count). The van der Waals surface area contributed by atoms with Crippen molar-refractivity contribution in [2.75, 3.05) is 19.7 Å². The molecule has 7 heteroatoms. The number of pyridine rings is 1. The molecule has 0 aromatic carbocycles. The standard InChI is InChI=1S/C15H14N3O2S.C5H11N/c1-3-20-15(19)12-9(2)18-14(21)11(7-16)13(12)10-5-4-6-17-8-10;1-2-4-6-5-3-1/h4-6,8,13H,3H2,1-2H3,(H,18,21);6H,1-5H2/q-1;/p+1. The zero-order valence-electron chi connectivity index (χ0n) is 15.8. The summed E-state index contributed by atoms with van der Waals surface area (Å²) in [4.78, 5) is 16.6. The zero-order chi connectivity index (χ0) is 19.6. The Morgan fingerprint density at radius 1 is 1.44 bits per heavy atom. The van der Waals surface area contributed by atoms with E-state index in [0.29, 0.717) is 21.8 Å². The van der Waals surface area contributed by atoms with Crippen LogP contribution in [-0.4, -0.2) is 41.5 Å². The summed E-state index contributed by atoms with van der Waals surface area (Å²) in [6.07, 6.45) is 7.62. The van der Waals surface area contributed by atoms with E-state index in [2.05, 4.69) is 21.5 Å². The summed E-state index contributed by atoms with van der Waals surface area (Å²) < 4.78 is 5.11. The van der Waals surface area contributed by atoms with Crippen LogP contribution < -0.4 is 10.6 Å². The van der Waals surface area contributed by atoms with Crippen molar-refractivity contribution in [3.05, 3.63) is 52.3 Å². The summed E-state index contributed by atoms with van der Waals surface area (Å²) in [5.74, 6) is 1.10. The van der Waals surface area contributed by atoms with Crippen LogP contribution in [-0.2, 0) is 9.53 Å². The monoisotopic (exact) mass is 386 g/mol. The number of quaternary nitrogens is 1. The van der Waals surface area contributed by atoms with Crippen molar-refractivity contribution in [3.8, 4) is 0 Å². The molecule has 3 heterocycles. The molecule has 0 saturated carbocycles. The second-order valence-corrected chi connectivity index (χ2v) is 6.79. The Balaban J connectivity index is 0.000000369. The third-order valence-electron chi connectivity index (χ3n) is 4.48. The van der Waals surface area contributed by atoms with Gasteiger partial charge in [-0.3, -0.25) is 10.9 Å². The van der Waals surface area contributed by atoms with Crippen LogP contribution in [0.3, 0.4) is 0 Å². The fraction of sp³-hybridized carbons (Fsp3) is 0.450. The van der Waals surface area contributed by atoms with Gasteiger partial charge < -0.3 is 20.8 Å². The fourth-order valence-electron chi connectivity index (χ4n) is 3.17. The third-order valence-corrected chi connectivity index (χ3v) is 4.80. The molecule has 0 amide bonds. The van der Waals surface area contributed by atoms with E-state index < -0.39 is 11.9 Å². The van der Waals surface area contributed by atoms with Gasteiger partial charge in [0.1, 0.15) is 4.99 Å². The lowest BCUT2D eigenvalue weighted by atomic mass is 9.82. The van der Waals surface area contributed by atoms with Crippen LogP contribution in [0.25, 0.3) is 5.41 Å². The number of aromatic nitrogens is 1. The topological polar surface area (TPSA) is 90.1 Å². The quantitative estimate of drug-likeness (QED) is 0.358. The number of esters is 1. The van der Waals surface area contributed by atoms with Crippen molar-refractivity contribution in [3.63, 3.8) is 0 Å². The molecule has 1 atom stereocenters. The number of rotatable bonds is 3. The Hall–Kier alpha value is -2.34. The van der Waals surface area contributed by atoms with Gasteiger partial charge in [0.15, 0.2) is 0 Å². The van der Waals surface area contributed by atoms with Crippen LogP contribution >= 0.6 is 12.2 Å². The molecule has 0 spiro atoms. The first-order valence-corrected chi connectivity index (χ1v) is 9.68. The molecule has 144 valence electrons. The molecule has 27 heavy (non-hydrogen) atoms. The third kappa shape index (κ3) is 5.57. The molecule has 0 radical (unpaired) electrons. The van der Waals surface area contributed by atoms with Crippen LogP contribution in [0.4, 0.5) is 0 Å². The maximum absolute atomic E-state index is 12.3. The van der Waals surface area contributed by atoms with Crippen LogP contribution in [0.5, 0.6) is 0 Å². The van der Waals surface area contributed by atoms with Crippen molar-refractivity contribution in [1.82, 2.24) is 10.3 Å². The number of ether oxygens (including phenoxy) is 1. The molecule has 1 aromatic heterocycles. The summed E-state index contributed by atoms with van der Waals surface area (Å²) in [5.41, 5.74) is 2.06. The predicted octanol–water partition coefficient (Wildman–Crippen LogP) is 1.83. The van der Waals surface area contributed by atoms with Gasteiger partial charge in [-0.05, 0) is 44.7 Å². The van der Waals surface area contributed by atoms with Crippen molar-refractivity contribution < 1.29 is 14.8 Å². The van der Waals surface area contributed by atoms with E-state index in [4.69, 9.17) is 17.0 Å². The van der Waals surface area contributed by atoms with Gasteiger partial charge in [-0.2, -0.15) is 0 Å². The minimum absolute atomic E-state index is 0.266. The van der Waals surface area contributed by atoms with Gasteiger partial charge in [0.05, 0.1) is 31.2 Å². The molecule has 1 unspecified atom stereocenters.